The SMILES string of the molecule is N#CCN1CCCCCCN=C1C#N. The summed E-state index contributed by atoms with van der Waals surface area (Å²) in [5.41, 5.74) is 0. The molecule has 1 heterocycles. The summed E-state index contributed by atoms with van der Waals surface area (Å²) >= 11 is 0. The second-order valence-electron chi connectivity index (χ2n) is 3.31. The molecule has 0 spiro atoms. The van der Waals surface area contributed by atoms with Gasteiger partial charge >= 0.3 is 0 Å². The van der Waals surface area contributed by atoms with E-state index in [2.05, 4.69) is 17.1 Å². The zero-order valence-corrected chi connectivity index (χ0v) is 8.24. The monoisotopic (exact) mass is 190 g/mol. The summed E-state index contributed by atoms with van der Waals surface area (Å²) in [5.74, 6) is 0.424. The number of nitrogens with zero attached hydrogens (tertiary/aromatic N) is 4. The number of amidine groups is 1. The number of hydrogen-bond acceptors (Lipinski definition) is 4. The van der Waals surface area contributed by atoms with Crippen LogP contribution >= 0.6 is 0 Å². The molecule has 1 rings (SSSR count). The van der Waals surface area contributed by atoms with Gasteiger partial charge in [-0.1, -0.05) is 12.8 Å². The normalized spacial score (nSPS) is 18.1. The summed E-state index contributed by atoms with van der Waals surface area (Å²) in [6, 6.07) is 4.12. The van der Waals surface area contributed by atoms with E-state index in [1.165, 1.54) is 6.42 Å². The maximum atomic E-state index is 8.86. The largest absolute Gasteiger partial charge is 0.335 e. The smallest absolute Gasteiger partial charge is 0.204 e. The van der Waals surface area contributed by atoms with Crippen LogP contribution in [0, 0.1) is 22.7 Å². The number of aliphatic imine (C=N–C) groups is 1. The first kappa shape index (κ1) is 10.5. The van der Waals surface area contributed by atoms with E-state index in [1.54, 1.807) is 4.90 Å². The van der Waals surface area contributed by atoms with Crippen LogP contribution in [0.15, 0.2) is 4.99 Å². The fourth-order valence-corrected chi connectivity index (χ4v) is 1.50. The Kier molecular flexibility index (Phi) is 4.50. The van der Waals surface area contributed by atoms with Crippen molar-refractivity contribution in [2.75, 3.05) is 19.6 Å². The molecule has 0 aromatic carbocycles. The molecule has 0 bridgehead atoms. The van der Waals surface area contributed by atoms with Gasteiger partial charge in [0.05, 0.1) is 6.07 Å². The second kappa shape index (κ2) is 5.99. The minimum absolute atomic E-state index is 0.270. The third-order valence-corrected chi connectivity index (χ3v) is 2.26. The van der Waals surface area contributed by atoms with Crippen molar-refractivity contribution in [3.8, 4) is 12.1 Å². The Balaban J connectivity index is 2.68. The molecule has 0 fully saturated rings. The molecule has 0 N–H and O–H groups in total. The third kappa shape index (κ3) is 3.06. The van der Waals surface area contributed by atoms with Crippen molar-refractivity contribution in [2.45, 2.75) is 25.7 Å². The molecule has 0 atom stereocenters. The van der Waals surface area contributed by atoms with E-state index in [0.29, 0.717) is 12.4 Å². The van der Waals surface area contributed by atoms with E-state index in [4.69, 9.17) is 10.5 Å². The van der Waals surface area contributed by atoms with Gasteiger partial charge < -0.3 is 4.90 Å². The lowest BCUT2D eigenvalue weighted by molar-refractivity contribution is 0.448. The molecular weight excluding hydrogens is 176 g/mol. The van der Waals surface area contributed by atoms with Crippen LogP contribution in [0.25, 0.3) is 0 Å². The molecule has 1 aliphatic heterocycles. The molecule has 0 aliphatic carbocycles. The molecule has 0 aromatic rings. The van der Waals surface area contributed by atoms with Crippen molar-refractivity contribution >= 4 is 5.84 Å². The highest BCUT2D eigenvalue weighted by molar-refractivity contribution is 5.96. The van der Waals surface area contributed by atoms with Crippen molar-refractivity contribution in [3.05, 3.63) is 0 Å². The molecule has 0 saturated heterocycles. The molecule has 0 saturated carbocycles. The van der Waals surface area contributed by atoms with E-state index in [9.17, 15) is 0 Å². The summed E-state index contributed by atoms with van der Waals surface area (Å²) in [5, 5.41) is 17.5. The summed E-state index contributed by atoms with van der Waals surface area (Å²) in [6.45, 7) is 1.76. The van der Waals surface area contributed by atoms with Crippen LogP contribution in [0.3, 0.4) is 0 Å². The van der Waals surface area contributed by atoms with E-state index in [-0.39, 0.29) is 6.54 Å². The molecule has 0 radical (unpaired) electrons. The first-order chi connectivity index (χ1) is 6.88. The average molecular weight is 190 g/mol. The average Bonchev–Trinajstić information content (AvgIpc) is 2.30. The van der Waals surface area contributed by atoms with Crippen molar-refractivity contribution < 1.29 is 0 Å². The third-order valence-electron chi connectivity index (χ3n) is 2.26. The molecule has 0 amide bonds. The molecule has 4 nitrogen and oxygen atoms in total. The first-order valence-corrected chi connectivity index (χ1v) is 4.95. The molecular formula is C10H14N4. The summed E-state index contributed by atoms with van der Waals surface area (Å²) in [4.78, 5) is 5.96. The van der Waals surface area contributed by atoms with E-state index < -0.39 is 0 Å². The highest BCUT2D eigenvalue weighted by Crippen LogP contribution is 2.06. The fourth-order valence-electron chi connectivity index (χ4n) is 1.50. The van der Waals surface area contributed by atoms with Crippen LogP contribution in [0.2, 0.25) is 0 Å². The molecule has 14 heavy (non-hydrogen) atoms. The maximum absolute atomic E-state index is 8.86. The lowest BCUT2D eigenvalue weighted by Crippen LogP contribution is -2.31. The van der Waals surface area contributed by atoms with Gasteiger partial charge in [0.1, 0.15) is 12.6 Å². The zero-order chi connectivity index (χ0) is 10.2. The number of rotatable bonds is 1. The zero-order valence-electron chi connectivity index (χ0n) is 8.24. The van der Waals surface area contributed by atoms with Crippen molar-refractivity contribution in [3.63, 3.8) is 0 Å². The lowest BCUT2D eigenvalue weighted by atomic mass is 10.2. The van der Waals surface area contributed by atoms with Gasteiger partial charge in [-0.25, -0.2) is 0 Å². The van der Waals surface area contributed by atoms with Crippen LogP contribution in [-0.4, -0.2) is 30.4 Å². The topological polar surface area (TPSA) is 63.2 Å². The summed E-state index contributed by atoms with van der Waals surface area (Å²) in [6.07, 6.45) is 4.42. The van der Waals surface area contributed by atoms with Crippen molar-refractivity contribution in [1.82, 2.24) is 4.90 Å². The Labute approximate surface area is 84.5 Å². The Hall–Kier alpha value is -1.55. The van der Waals surface area contributed by atoms with Gasteiger partial charge in [0.15, 0.2) is 0 Å². The van der Waals surface area contributed by atoms with Gasteiger partial charge in [-0.3, -0.25) is 4.99 Å². The van der Waals surface area contributed by atoms with Gasteiger partial charge in [0, 0.05) is 13.1 Å². The van der Waals surface area contributed by atoms with Crippen molar-refractivity contribution in [1.29, 1.82) is 10.5 Å². The second-order valence-corrected chi connectivity index (χ2v) is 3.31. The molecule has 74 valence electrons. The molecule has 1 aliphatic rings. The Bertz CT molecular complexity index is 281. The van der Waals surface area contributed by atoms with E-state index in [0.717, 1.165) is 25.8 Å². The van der Waals surface area contributed by atoms with Crippen LogP contribution in [0.1, 0.15) is 25.7 Å². The van der Waals surface area contributed by atoms with Crippen LogP contribution < -0.4 is 0 Å². The minimum atomic E-state index is 0.270. The van der Waals surface area contributed by atoms with Crippen molar-refractivity contribution in [2.24, 2.45) is 4.99 Å². The molecule has 0 unspecified atom stereocenters. The minimum Gasteiger partial charge on any atom is -0.335 e. The quantitative estimate of drug-likeness (QED) is 0.585. The van der Waals surface area contributed by atoms with Crippen LogP contribution in [0.5, 0.6) is 0 Å². The predicted octanol–water partition coefficient (Wildman–Crippen LogP) is 1.31. The fraction of sp³-hybridized carbons (Fsp3) is 0.700. The van der Waals surface area contributed by atoms with E-state index in [1.807, 2.05) is 0 Å². The van der Waals surface area contributed by atoms with Crippen LogP contribution in [0.4, 0.5) is 0 Å². The lowest BCUT2D eigenvalue weighted by Gasteiger charge is -2.17. The van der Waals surface area contributed by atoms with Gasteiger partial charge in [-0.05, 0) is 12.8 Å². The Morgan fingerprint density at radius 2 is 2.00 bits per heavy atom. The first-order valence-electron chi connectivity index (χ1n) is 4.95. The molecule has 4 heteroatoms. The Morgan fingerprint density at radius 3 is 2.71 bits per heavy atom. The highest BCUT2D eigenvalue weighted by Gasteiger charge is 2.10. The molecule has 0 aromatic heterocycles. The number of nitriles is 2. The predicted molar refractivity (Wildman–Crippen MR) is 53.6 cm³/mol. The maximum Gasteiger partial charge on any atom is 0.204 e. The Morgan fingerprint density at radius 1 is 1.21 bits per heavy atom. The highest BCUT2D eigenvalue weighted by atomic mass is 15.2. The standard InChI is InChI=1S/C10H14N4/c11-5-8-14-7-4-2-1-3-6-13-10(14)9-12/h1-4,6-8H2. The van der Waals surface area contributed by atoms with Gasteiger partial charge in [-0.2, -0.15) is 10.5 Å². The summed E-state index contributed by atoms with van der Waals surface area (Å²) < 4.78 is 0. The van der Waals surface area contributed by atoms with Crippen LogP contribution in [-0.2, 0) is 0 Å². The van der Waals surface area contributed by atoms with Gasteiger partial charge in [0.2, 0.25) is 5.84 Å². The van der Waals surface area contributed by atoms with Gasteiger partial charge in [0.25, 0.3) is 0 Å². The van der Waals surface area contributed by atoms with E-state index >= 15 is 0 Å². The van der Waals surface area contributed by atoms with Gasteiger partial charge in [-0.15, -0.1) is 0 Å². The number of hydrogen-bond donors (Lipinski definition) is 0. The summed E-state index contributed by atoms with van der Waals surface area (Å²) in [7, 11) is 0.